The first kappa shape index (κ1) is 40.9. The Balaban J connectivity index is 1.25. The normalized spacial score (nSPS) is 17.6. The summed E-state index contributed by atoms with van der Waals surface area (Å²) in [6.07, 6.45) is 11.0. The highest BCUT2D eigenvalue weighted by Gasteiger charge is 2.39. The van der Waals surface area contributed by atoms with Crippen LogP contribution in [0.4, 0.5) is 0 Å². The molecule has 2 aliphatic rings. The third kappa shape index (κ3) is 7.19. The van der Waals surface area contributed by atoms with E-state index in [4.69, 9.17) is 9.97 Å². The van der Waals surface area contributed by atoms with Crippen molar-refractivity contribution in [3.05, 3.63) is 154 Å². The molecule has 304 valence electrons. The lowest BCUT2D eigenvalue weighted by Crippen LogP contribution is -2.33. The fourth-order valence-electron chi connectivity index (χ4n) is 10.9. The molecule has 2 nitrogen and oxygen atoms in total. The second-order valence-corrected chi connectivity index (χ2v) is 20.8. The zero-order chi connectivity index (χ0) is 42.1. The van der Waals surface area contributed by atoms with Crippen molar-refractivity contribution >= 4 is 0 Å². The monoisotopic (exact) mass is 779 g/mol. The van der Waals surface area contributed by atoms with Gasteiger partial charge in [0, 0.05) is 40.1 Å². The van der Waals surface area contributed by atoms with Crippen LogP contribution >= 0.6 is 0 Å². The predicted octanol–water partition coefficient (Wildman–Crippen LogP) is 15.6. The van der Waals surface area contributed by atoms with Crippen molar-refractivity contribution in [3.63, 3.8) is 0 Å². The average Bonchev–Trinajstić information content (AvgIpc) is 3.22. The van der Waals surface area contributed by atoms with E-state index in [9.17, 15) is 0 Å². The van der Waals surface area contributed by atoms with E-state index in [2.05, 4.69) is 193 Å². The van der Waals surface area contributed by atoms with Gasteiger partial charge in [0.2, 0.25) is 0 Å². The van der Waals surface area contributed by atoms with E-state index in [0.717, 1.165) is 35.4 Å². The zero-order valence-corrected chi connectivity index (χ0v) is 38.0. The van der Waals surface area contributed by atoms with Gasteiger partial charge in [-0.25, -0.2) is 0 Å². The van der Waals surface area contributed by atoms with Gasteiger partial charge in [-0.2, -0.15) is 0 Å². The number of hydrogen-bond acceptors (Lipinski definition) is 2. The van der Waals surface area contributed by atoms with E-state index in [1.54, 1.807) is 0 Å². The van der Waals surface area contributed by atoms with Crippen LogP contribution in [0, 0.1) is 13.8 Å². The molecule has 0 N–H and O–H groups in total. The Kier molecular flexibility index (Phi) is 10.2. The smallest absolute Gasteiger partial charge is 0.0702 e. The molecule has 2 heteroatoms. The minimum atomic E-state index is -0.228. The molecule has 0 radical (unpaired) electrons. The minimum absolute atomic E-state index is 0.148. The number of aryl methyl sites for hydroxylation is 2. The maximum absolute atomic E-state index is 5.22. The molecule has 0 unspecified atom stereocenters. The van der Waals surface area contributed by atoms with Gasteiger partial charge in [0.15, 0.2) is 0 Å². The molecule has 2 heterocycles. The first-order valence-electron chi connectivity index (χ1n) is 22.3. The Hall–Kier alpha value is -4.82. The first-order valence-corrected chi connectivity index (χ1v) is 22.3. The van der Waals surface area contributed by atoms with E-state index in [1.165, 1.54) is 92.4 Å². The van der Waals surface area contributed by atoms with Gasteiger partial charge >= 0.3 is 0 Å². The van der Waals surface area contributed by atoms with Gasteiger partial charge in [0.05, 0.1) is 11.4 Å². The lowest BCUT2D eigenvalue weighted by atomic mass is 9.63. The van der Waals surface area contributed by atoms with Crippen molar-refractivity contribution in [1.82, 2.24) is 9.97 Å². The third-order valence-corrected chi connectivity index (χ3v) is 15.0. The molecule has 0 fully saturated rings. The van der Waals surface area contributed by atoms with Crippen molar-refractivity contribution in [1.29, 1.82) is 0 Å². The van der Waals surface area contributed by atoms with Crippen molar-refractivity contribution in [3.8, 4) is 44.8 Å². The average molecular weight is 779 g/mol. The quantitative estimate of drug-likeness (QED) is 0.154. The summed E-state index contributed by atoms with van der Waals surface area (Å²) < 4.78 is 0. The summed E-state index contributed by atoms with van der Waals surface area (Å²) in [7, 11) is 0. The van der Waals surface area contributed by atoms with Crippen molar-refractivity contribution in [2.45, 2.75) is 149 Å². The molecule has 0 amide bonds. The number of nitrogens with zero attached hydrogens (tertiary/aromatic N) is 2. The highest BCUT2D eigenvalue weighted by atomic mass is 14.7. The van der Waals surface area contributed by atoms with E-state index >= 15 is 0 Å². The Morgan fingerprint density at radius 3 is 1.22 bits per heavy atom. The number of pyridine rings is 2. The van der Waals surface area contributed by atoms with Gasteiger partial charge in [0.1, 0.15) is 0 Å². The van der Waals surface area contributed by atoms with Crippen LogP contribution in [0.1, 0.15) is 152 Å². The molecule has 2 aromatic heterocycles. The maximum atomic E-state index is 5.22. The number of hydrogen-bond donors (Lipinski definition) is 0. The Bertz CT molecular complexity index is 2360. The van der Waals surface area contributed by atoms with Crippen LogP contribution in [0.15, 0.2) is 109 Å². The van der Waals surface area contributed by atoms with Gasteiger partial charge in [-0.3, -0.25) is 9.97 Å². The SMILES string of the molecule is CCC(CC)(c1cc(C)cc(C)c1)c1c(-c2ccc(-c3ccc4c(c3)C(C)(C)CCC4(C)C)nc2)cccc1-c1ccc(-c2ccc3c(c2)C(C)(C)CCC3(C)C)nc1. The molecule has 0 spiro atoms. The van der Waals surface area contributed by atoms with Crippen LogP contribution < -0.4 is 0 Å². The lowest BCUT2D eigenvalue weighted by molar-refractivity contribution is 0.332. The highest BCUT2D eigenvalue weighted by molar-refractivity contribution is 5.82. The number of rotatable bonds is 8. The molecule has 0 atom stereocenters. The standard InChI is InChI=1S/C57H66N2/c1-13-57(14-2,43-31-37(3)30-38(4)32-43)52-44(41-20-24-50(58-35-41)39-18-22-46-48(33-39)55(9,10)28-26-53(46,5)6)16-15-17-45(52)42-21-25-51(59-36-42)40-19-23-47-49(34-40)56(11,12)29-27-54(47,7)8/h15-25,30-36H,13-14,26-29H2,1-12H3. The van der Waals surface area contributed by atoms with Gasteiger partial charge in [0.25, 0.3) is 0 Å². The largest absolute Gasteiger partial charge is 0.256 e. The molecule has 6 aromatic rings. The summed E-state index contributed by atoms with van der Waals surface area (Å²) in [6, 6.07) is 37.2. The van der Waals surface area contributed by atoms with Crippen molar-refractivity contribution in [2.24, 2.45) is 0 Å². The highest BCUT2D eigenvalue weighted by Crippen LogP contribution is 2.51. The van der Waals surface area contributed by atoms with Gasteiger partial charge in [-0.15, -0.1) is 0 Å². The van der Waals surface area contributed by atoms with Crippen LogP contribution in [0.5, 0.6) is 0 Å². The molecular weight excluding hydrogens is 713 g/mol. The third-order valence-electron chi connectivity index (χ3n) is 15.0. The second kappa shape index (κ2) is 14.7. The summed E-state index contributed by atoms with van der Waals surface area (Å²) in [5.41, 5.74) is 20.9. The Morgan fingerprint density at radius 2 is 0.847 bits per heavy atom. The van der Waals surface area contributed by atoms with Gasteiger partial charge in [-0.1, -0.05) is 153 Å². The van der Waals surface area contributed by atoms with E-state index < -0.39 is 0 Å². The minimum Gasteiger partial charge on any atom is -0.256 e. The predicted molar refractivity (Wildman–Crippen MR) is 252 cm³/mol. The van der Waals surface area contributed by atoms with Gasteiger partial charge in [-0.05, 0) is 143 Å². The molecule has 0 saturated heterocycles. The summed E-state index contributed by atoms with van der Waals surface area (Å²) >= 11 is 0. The number of benzene rings is 4. The van der Waals surface area contributed by atoms with E-state index in [-0.39, 0.29) is 27.1 Å². The molecule has 0 aliphatic heterocycles. The van der Waals surface area contributed by atoms with Gasteiger partial charge < -0.3 is 0 Å². The molecule has 0 saturated carbocycles. The maximum Gasteiger partial charge on any atom is 0.0702 e. The number of aromatic nitrogens is 2. The van der Waals surface area contributed by atoms with E-state index in [1.807, 2.05) is 0 Å². The number of fused-ring (bicyclic) bond motifs is 2. The Labute approximate surface area is 356 Å². The molecule has 59 heavy (non-hydrogen) atoms. The summed E-state index contributed by atoms with van der Waals surface area (Å²) in [4.78, 5) is 10.4. The van der Waals surface area contributed by atoms with Crippen molar-refractivity contribution < 1.29 is 0 Å². The van der Waals surface area contributed by atoms with Crippen LogP contribution in [-0.4, -0.2) is 9.97 Å². The zero-order valence-electron chi connectivity index (χ0n) is 38.0. The van der Waals surface area contributed by atoms with E-state index in [0.29, 0.717) is 0 Å². The molecule has 4 aromatic carbocycles. The van der Waals surface area contributed by atoms with Crippen LogP contribution in [-0.2, 0) is 27.1 Å². The van der Waals surface area contributed by atoms with Crippen LogP contribution in [0.3, 0.4) is 0 Å². The summed E-state index contributed by atoms with van der Waals surface area (Å²) in [6.45, 7) is 28.4. The summed E-state index contributed by atoms with van der Waals surface area (Å²) in [5.74, 6) is 0. The van der Waals surface area contributed by atoms with Crippen LogP contribution in [0.25, 0.3) is 44.8 Å². The topological polar surface area (TPSA) is 25.8 Å². The molecular formula is C57H66N2. The fourth-order valence-corrected chi connectivity index (χ4v) is 10.9. The van der Waals surface area contributed by atoms with Crippen molar-refractivity contribution in [2.75, 3.05) is 0 Å². The first-order chi connectivity index (χ1) is 27.9. The van der Waals surface area contributed by atoms with Crippen LogP contribution in [0.2, 0.25) is 0 Å². The lowest BCUT2D eigenvalue weighted by Gasteiger charge is -2.42. The second-order valence-electron chi connectivity index (χ2n) is 20.8. The molecule has 2 aliphatic carbocycles. The fraction of sp³-hybridized carbons (Fsp3) is 0.404. The molecule has 0 bridgehead atoms. The Morgan fingerprint density at radius 1 is 0.458 bits per heavy atom. The molecule has 8 rings (SSSR count). The summed E-state index contributed by atoms with van der Waals surface area (Å²) in [5, 5.41) is 0.